The van der Waals surface area contributed by atoms with Gasteiger partial charge in [-0.2, -0.15) is 0 Å². The number of hydrogen-bond donors (Lipinski definition) is 0. The number of hydrogen-bond acceptors (Lipinski definition) is 3. The second-order valence-electron chi connectivity index (χ2n) is 8.41. The SMILES string of the molecule is COC(=O)C12CC(c3ccc([S+]4c5ccccc5Sc5ccccc54)cc3)(C1)C2. The van der Waals surface area contributed by atoms with E-state index in [0.717, 1.165) is 19.3 Å². The standard InChI is InChI=1S/C25H21O2S2/c1-27-23(26)25-14-24(15-25,16-25)17-10-12-18(13-11-17)29-21-8-4-2-6-19(21)28-20-7-3-5-9-22(20)29/h2-13H,14-16H2,1H3/q+1. The number of esters is 1. The van der Waals surface area contributed by atoms with Gasteiger partial charge in [0.15, 0.2) is 14.7 Å². The van der Waals surface area contributed by atoms with Crippen molar-refractivity contribution in [2.24, 2.45) is 5.41 Å². The number of benzene rings is 3. The molecule has 1 aliphatic heterocycles. The summed E-state index contributed by atoms with van der Waals surface area (Å²) < 4.78 is 5.00. The Hall–Kier alpha value is -2.17. The molecule has 0 radical (unpaired) electrons. The van der Waals surface area contributed by atoms with Crippen LogP contribution >= 0.6 is 11.8 Å². The molecule has 0 aromatic heterocycles. The summed E-state index contributed by atoms with van der Waals surface area (Å²) in [5.74, 6) is -0.0228. The molecule has 3 fully saturated rings. The Kier molecular flexibility index (Phi) is 3.76. The highest BCUT2D eigenvalue weighted by atomic mass is 32.2. The van der Waals surface area contributed by atoms with Gasteiger partial charge < -0.3 is 4.74 Å². The third-order valence-electron chi connectivity index (χ3n) is 6.71. The molecule has 0 unspecified atom stereocenters. The van der Waals surface area contributed by atoms with E-state index in [1.807, 2.05) is 11.8 Å². The molecule has 7 rings (SSSR count). The van der Waals surface area contributed by atoms with Crippen LogP contribution in [0.4, 0.5) is 0 Å². The van der Waals surface area contributed by atoms with Crippen LogP contribution in [0.25, 0.3) is 0 Å². The van der Waals surface area contributed by atoms with Crippen molar-refractivity contribution in [2.75, 3.05) is 7.11 Å². The van der Waals surface area contributed by atoms with Crippen LogP contribution < -0.4 is 0 Å². The zero-order valence-electron chi connectivity index (χ0n) is 16.2. The van der Waals surface area contributed by atoms with E-state index < -0.39 is 0 Å². The molecular formula is C25H21O2S2+. The second kappa shape index (κ2) is 6.16. The van der Waals surface area contributed by atoms with Gasteiger partial charge in [-0.25, -0.2) is 0 Å². The fourth-order valence-electron chi connectivity index (χ4n) is 5.37. The highest BCUT2D eigenvalue weighted by Crippen LogP contribution is 2.74. The monoisotopic (exact) mass is 417 g/mol. The number of fused-ring (bicyclic) bond motifs is 2. The fourth-order valence-corrected chi connectivity index (χ4v) is 9.11. The zero-order chi connectivity index (χ0) is 19.6. The molecule has 4 aliphatic rings. The molecule has 3 saturated carbocycles. The lowest BCUT2D eigenvalue weighted by Gasteiger charge is -2.68. The quantitative estimate of drug-likeness (QED) is 0.309. The molecule has 0 amide bonds. The van der Waals surface area contributed by atoms with E-state index in [4.69, 9.17) is 4.74 Å². The third-order valence-corrected chi connectivity index (χ3v) is 10.5. The van der Waals surface area contributed by atoms with Gasteiger partial charge >= 0.3 is 5.97 Å². The second-order valence-corrected chi connectivity index (χ2v) is 11.5. The van der Waals surface area contributed by atoms with Crippen molar-refractivity contribution in [1.29, 1.82) is 0 Å². The van der Waals surface area contributed by atoms with Gasteiger partial charge in [0, 0.05) is 0 Å². The van der Waals surface area contributed by atoms with Gasteiger partial charge in [0.2, 0.25) is 0 Å². The van der Waals surface area contributed by atoms with Crippen LogP contribution in [0.5, 0.6) is 0 Å². The summed E-state index contributed by atoms with van der Waals surface area (Å²) >= 11 is 1.87. The Morgan fingerprint density at radius 2 is 1.41 bits per heavy atom. The highest BCUT2D eigenvalue weighted by molar-refractivity contribution is 8.04. The Labute approximate surface area is 178 Å². The first kappa shape index (κ1) is 17.7. The van der Waals surface area contributed by atoms with Crippen molar-refractivity contribution in [2.45, 2.75) is 49.2 Å². The maximum atomic E-state index is 12.0. The lowest BCUT2D eigenvalue weighted by atomic mass is 9.33. The topological polar surface area (TPSA) is 26.3 Å². The van der Waals surface area contributed by atoms with Gasteiger partial charge in [0.25, 0.3) is 0 Å². The van der Waals surface area contributed by atoms with Gasteiger partial charge in [-0.15, -0.1) is 0 Å². The summed E-state index contributed by atoms with van der Waals surface area (Å²) in [7, 11) is 1.43. The largest absolute Gasteiger partial charge is 0.469 e. The van der Waals surface area contributed by atoms with Crippen molar-refractivity contribution in [3.8, 4) is 0 Å². The van der Waals surface area contributed by atoms with Crippen molar-refractivity contribution < 1.29 is 9.53 Å². The molecule has 0 saturated heterocycles. The van der Waals surface area contributed by atoms with E-state index in [0.29, 0.717) is 0 Å². The third kappa shape index (κ3) is 2.42. The lowest BCUT2D eigenvalue weighted by molar-refractivity contribution is -0.198. The average molecular weight is 418 g/mol. The van der Waals surface area contributed by atoms with Crippen molar-refractivity contribution in [3.05, 3.63) is 78.4 Å². The van der Waals surface area contributed by atoms with Crippen molar-refractivity contribution >= 4 is 28.6 Å². The first-order valence-electron chi connectivity index (χ1n) is 9.93. The highest BCUT2D eigenvalue weighted by Gasteiger charge is 2.72. The Morgan fingerprint density at radius 3 is 1.97 bits per heavy atom. The normalized spacial score (nSPS) is 26.5. The van der Waals surface area contributed by atoms with E-state index in [1.165, 1.54) is 37.2 Å². The zero-order valence-corrected chi connectivity index (χ0v) is 17.8. The predicted octanol–water partition coefficient (Wildman–Crippen LogP) is 5.84. The van der Waals surface area contributed by atoms with Crippen molar-refractivity contribution in [1.82, 2.24) is 0 Å². The van der Waals surface area contributed by atoms with Gasteiger partial charge in [-0.05, 0) is 66.6 Å². The molecule has 1 heterocycles. The molecule has 2 nitrogen and oxygen atoms in total. The number of carbonyl (C=O) groups excluding carboxylic acids is 1. The minimum Gasteiger partial charge on any atom is -0.469 e. The van der Waals surface area contributed by atoms with Gasteiger partial charge in [0.05, 0.1) is 22.3 Å². The van der Waals surface area contributed by atoms with E-state index >= 15 is 0 Å². The van der Waals surface area contributed by atoms with Crippen LogP contribution in [-0.2, 0) is 25.8 Å². The van der Waals surface area contributed by atoms with E-state index in [9.17, 15) is 4.79 Å². The van der Waals surface area contributed by atoms with E-state index in [1.54, 1.807) is 0 Å². The van der Waals surface area contributed by atoms with Crippen molar-refractivity contribution in [3.63, 3.8) is 0 Å². The van der Waals surface area contributed by atoms with Crippen LogP contribution in [0.15, 0.2) is 97.3 Å². The van der Waals surface area contributed by atoms with E-state index in [2.05, 4.69) is 72.8 Å². The summed E-state index contributed by atoms with van der Waals surface area (Å²) in [5, 5.41) is 0. The van der Waals surface area contributed by atoms with Crippen LogP contribution in [-0.4, -0.2) is 13.1 Å². The Bertz CT molecular complexity index is 1070. The lowest BCUT2D eigenvalue weighted by Crippen LogP contribution is -2.68. The summed E-state index contributed by atoms with van der Waals surface area (Å²) in [6.07, 6.45) is 2.83. The minimum absolute atomic E-state index is 0.0228. The van der Waals surface area contributed by atoms with E-state index in [-0.39, 0.29) is 27.7 Å². The average Bonchev–Trinajstić information content (AvgIpc) is 2.70. The summed E-state index contributed by atoms with van der Waals surface area (Å²) in [5.41, 5.74) is 1.39. The molecule has 3 aliphatic carbocycles. The number of methoxy groups -OCH3 is 1. The smallest absolute Gasteiger partial charge is 0.311 e. The van der Waals surface area contributed by atoms with Gasteiger partial charge in [-0.3, -0.25) is 4.79 Å². The molecule has 0 spiro atoms. The van der Waals surface area contributed by atoms with Gasteiger partial charge in [-0.1, -0.05) is 48.2 Å². The first-order valence-corrected chi connectivity index (χ1v) is 12.0. The molecule has 0 atom stereocenters. The molecular weight excluding hydrogens is 396 g/mol. The molecule has 29 heavy (non-hydrogen) atoms. The van der Waals surface area contributed by atoms with Gasteiger partial charge in [0.1, 0.15) is 10.9 Å². The fraction of sp³-hybridized carbons (Fsp3) is 0.240. The molecule has 4 heteroatoms. The predicted molar refractivity (Wildman–Crippen MR) is 116 cm³/mol. The maximum Gasteiger partial charge on any atom is 0.311 e. The van der Waals surface area contributed by atoms with Crippen LogP contribution in [0.2, 0.25) is 0 Å². The molecule has 2 bridgehead atoms. The maximum absolute atomic E-state index is 12.0. The van der Waals surface area contributed by atoms with Crippen LogP contribution in [0, 0.1) is 5.41 Å². The molecule has 0 N–H and O–H groups in total. The van der Waals surface area contributed by atoms with Crippen LogP contribution in [0.1, 0.15) is 24.8 Å². The summed E-state index contributed by atoms with van der Waals surface area (Å²) in [4.78, 5) is 18.9. The number of carbonyl (C=O) groups is 1. The summed E-state index contributed by atoms with van der Waals surface area (Å²) in [6.45, 7) is 0. The summed E-state index contributed by atoms with van der Waals surface area (Å²) in [6, 6.07) is 26.8. The minimum atomic E-state index is -0.187. The molecule has 3 aromatic carbocycles. The van der Waals surface area contributed by atoms with Crippen LogP contribution in [0.3, 0.4) is 0 Å². The number of rotatable bonds is 3. The first-order chi connectivity index (χ1) is 14.1. The molecule has 3 aromatic rings. The Morgan fingerprint density at radius 1 is 0.862 bits per heavy atom. The number of ether oxygens (including phenoxy) is 1. The Balaban J connectivity index is 1.34. The molecule has 144 valence electrons.